The third-order valence-electron chi connectivity index (χ3n) is 7.63. The van der Waals surface area contributed by atoms with Crippen molar-refractivity contribution in [1.29, 1.82) is 0 Å². The molecule has 1 saturated heterocycles. The first-order valence-corrected chi connectivity index (χ1v) is 16.6. The van der Waals surface area contributed by atoms with E-state index in [9.17, 15) is 38.7 Å². The number of Topliss-reactive ketones (excluding diaryl/α,β-unsaturated/α-hetero) is 1. The van der Waals surface area contributed by atoms with Gasteiger partial charge in [0.2, 0.25) is 29.5 Å². The molecule has 18 heteroatoms. The van der Waals surface area contributed by atoms with Crippen LogP contribution < -0.4 is 43.8 Å². The van der Waals surface area contributed by atoms with Gasteiger partial charge < -0.3 is 48.9 Å². The summed E-state index contributed by atoms with van der Waals surface area (Å²) >= 11 is 4.01. The average molecular weight is 706 g/mol. The summed E-state index contributed by atoms with van der Waals surface area (Å²) in [5.74, 6) is -6.40. The molecule has 0 unspecified atom stereocenters. The molecule has 5 amide bonds. The number of carboxylic acid groups (broad SMARTS) is 1. The van der Waals surface area contributed by atoms with E-state index < -0.39 is 84.9 Å². The van der Waals surface area contributed by atoms with Gasteiger partial charge in [-0.3, -0.25) is 38.6 Å². The highest BCUT2D eigenvalue weighted by atomic mass is 32.1. The summed E-state index contributed by atoms with van der Waals surface area (Å²) in [5, 5.41) is 22.3. The first-order chi connectivity index (χ1) is 23.3. The number of aliphatic imine (C=N–C) groups is 1. The molecule has 1 aromatic rings. The van der Waals surface area contributed by atoms with E-state index in [1.54, 1.807) is 30.3 Å². The maximum absolute atomic E-state index is 13.8. The van der Waals surface area contributed by atoms with Crippen molar-refractivity contribution in [2.45, 2.75) is 75.5 Å². The Morgan fingerprint density at radius 3 is 2.22 bits per heavy atom. The predicted octanol–water partition coefficient (Wildman–Crippen LogP) is -2.54. The van der Waals surface area contributed by atoms with Gasteiger partial charge in [-0.2, -0.15) is 12.6 Å². The lowest BCUT2D eigenvalue weighted by molar-refractivity contribution is -0.140. The molecule has 0 spiro atoms. The number of carbonyl (C=O) groups is 7. The van der Waals surface area contributed by atoms with Crippen molar-refractivity contribution in [2.24, 2.45) is 28.1 Å². The number of rotatable bonds is 15. The van der Waals surface area contributed by atoms with Crippen molar-refractivity contribution in [2.75, 3.05) is 25.4 Å². The highest BCUT2D eigenvalue weighted by Crippen LogP contribution is 2.17. The Morgan fingerprint density at radius 2 is 1.57 bits per heavy atom. The molecule has 1 aliphatic heterocycles. The fraction of sp³-hybridized carbons (Fsp3) is 0.548. The van der Waals surface area contributed by atoms with Crippen LogP contribution in [0.25, 0.3) is 0 Å². The lowest BCUT2D eigenvalue weighted by Crippen LogP contribution is -2.55. The number of benzene rings is 1. The molecule has 0 aliphatic carbocycles. The smallest absolute Gasteiger partial charge is 0.305 e. The molecule has 12 N–H and O–H groups in total. The van der Waals surface area contributed by atoms with E-state index >= 15 is 0 Å². The molecule has 0 saturated carbocycles. The zero-order chi connectivity index (χ0) is 36.3. The largest absolute Gasteiger partial charge is 0.481 e. The summed E-state index contributed by atoms with van der Waals surface area (Å²) in [6, 6.07) is 4.21. The molecule has 1 aliphatic rings. The summed E-state index contributed by atoms with van der Waals surface area (Å²) in [4.78, 5) is 94.3. The van der Waals surface area contributed by atoms with Crippen LogP contribution in [0.2, 0.25) is 0 Å². The van der Waals surface area contributed by atoms with Crippen molar-refractivity contribution < 1.29 is 38.7 Å². The van der Waals surface area contributed by atoms with Crippen LogP contribution in [0.1, 0.15) is 50.5 Å². The summed E-state index contributed by atoms with van der Waals surface area (Å²) in [6.45, 7) is -0.222. The maximum atomic E-state index is 13.8. The fourth-order valence-corrected chi connectivity index (χ4v) is 5.17. The van der Waals surface area contributed by atoms with Crippen molar-refractivity contribution >= 4 is 59.9 Å². The van der Waals surface area contributed by atoms with Gasteiger partial charge in [-0.1, -0.05) is 30.3 Å². The van der Waals surface area contributed by atoms with E-state index in [1.165, 1.54) is 0 Å². The Bertz CT molecular complexity index is 1340. The number of unbranched alkanes of at least 4 members (excludes halogenated alkanes) is 1. The molecule has 0 aromatic heterocycles. The van der Waals surface area contributed by atoms with Gasteiger partial charge in [0, 0.05) is 31.2 Å². The van der Waals surface area contributed by atoms with Crippen molar-refractivity contribution in [3.8, 4) is 0 Å². The topological polar surface area (TPSA) is 290 Å². The fourth-order valence-electron chi connectivity index (χ4n) is 5.00. The minimum absolute atomic E-state index is 0.0603. The van der Waals surface area contributed by atoms with E-state index in [1.807, 2.05) is 0 Å². The molecular weight excluding hydrogens is 658 g/mol. The van der Waals surface area contributed by atoms with Gasteiger partial charge >= 0.3 is 5.97 Å². The molecule has 1 aromatic carbocycles. The first-order valence-electron chi connectivity index (χ1n) is 16.0. The minimum Gasteiger partial charge on any atom is -0.481 e. The van der Waals surface area contributed by atoms with Crippen LogP contribution >= 0.6 is 12.6 Å². The highest BCUT2D eigenvalue weighted by Gasteiger charge is 2.33. The van der Waals surface area contributed by atoms with Crippen molar-refractivity contribution in [3.05, 3.63) is 35.9 Å². The Hall–Kier alpha value is -4.71. The predicted molar refractivity (Wildman–Crippen MR) is 183 cm³/mol. The second kappa shape index (κ2) is 21.3. The Labute approximate surface area is 289 Å². The molecule has 0 radical (unpaired) electrons. The zero-order valence-electron chi connectivity index (χ0n) is 27.2. The summed E-state index contributed by atoms with van der Waals surface area (Å²) < 4.78 is 0. The number of hydrogen-bond acceptors (Lipinski definition) is 10. The van der Waals surface area contributed by atoms with Gasteiger partial charge in [0.25, 0.3) is 0 Å². The van der Waals surface area contributed by atoms with Gasteiger partial charge in [-0.15, -0.1) is 0 Å². The second-order valence-corrected chi connectivity index (χ2v) is 12.0. The van der Waals surface area contributed by atoms with Crippen molar-refractivity contribution in [1.82, 2.24) is 26.6 Å². The number of carboxylic acids is 1. The lowest BCUT2D eigenvalue weighted by Gasteiger charge is -2.25. The number of hydrogen-bond donors (Lipinski definition) is 10. The molecule has 270 valence electrons. The van der Waals surface area contributed by atoms with E-state index in [0.717, 1.165) is 0 Å². The monoisotopic (exact) mass is 705 g/mol. The number of carbonyl (C=O) groups excluding carboxylic acids is 6. The Balaban J connectivity index is 2.41. The number of nitrogens with two attached hydrogens (primary N) is 3. The third kappa shape index (κ3) is 15.4. The van der Waals surface area contributed by atoms with E-state index in [4.69, 9.17) is 17.2 Å². The highest BCUT2D eigenvalue weighted by molar-refractivity contribution is 7.80. The van der Waals surface area contributed by atoms with E-state index in [0.29, 0.717) is 18.4 Å². The molecule has 17 nitrogen and oxygen atoms in total. The van der Waals surface area contributed by atoms with Gasteiger partial charge in [0.05, 0.1) is 25.0 Å². The summed E-state index contributed by atoms with van der Waals surface area (Å²) in [5.41, 5.74) is 17.1. The van der Waals surface area contributed by atoms with Crippen LogP contribution in [-0.4, -0.2) is 102 Å². The first kappa shape index (κ1) is 40.5. The van der Waals surface area contributed by atoms with Crippen LogP contribution in [0, 0.1) is 5.92 Å². The SMILES string of the molecule is NC(N)=NCCC[C@@H]1NC(=O)[C@H](CCCCNC(=O)[C@@H](N)CS)NC(=O)[C@@H](Cc2ccccc2)CC(=O)[C@H](CC(=O)O)NC(=O)CNC1=O. The molecule has 49 heavy (non-hydrogen) atoms. The molecule has 0 bridgehead atoms. The standard InChI is InChI=1S/C31H47N9O8S/c32-20(17-49)28(46)35-11-5-4-9-22-30(48)40-21(10-6-12-36-31(33)34)29(47)37-16-25(42)38-23(15-26(43)44)24(41)14-19(27(45)39-22)13-18-7-2-1-3-8-18/h1-3,7-8,19-23,49H,4-6,9-17,32H2,(H,35,46)(H,37,47)(H,38,42)(H,39,45)(H,40,48)(H,43,44)(H4,33,34,36)/t19-,20-,21-,22-,23-/m0/s1. The normalized spacial score (nSPS) is 21.5. The number of guanidine groups is 1. The van der Waals surface area contributed by atoms with E-state index in [2.05, 4.69) is 44.2 Å². The molecular formula is C31H47N9O8S. The van der Waals surface area contributed by atoms with E-state index in [-0.39, 0.29) is 56.4 Å². The maximum Gasteiger partial charge on any atom is 0.305 e. The second-order valence-electron chi connectivity index (χ2n) is 11.6. The van der Waals surface area contributed by atoms with Crippen molar-refractivity contribution in [3.63, 3.8) is 0 Å². The number of amides is 5. The van der Waals surface area contributed by atoms with Crippen LogP contribution in [-0.2, 0) is 40.0 Å². The van der Waals surface area contributed by atoms with Gasteiger partial charge in [0.15, 0.2) is 11.7 Å². The molecule has 5 atom stereocenters. The molecule has 2 rings (SSSR count). The van der Waals surface area contributed by atoms with Crippen LogP contribution in [0.15, 0.2) is 35.3 Å². The van der Waals surface area contributed by atoms with Crippen LogP contribution in [0.3, 0.4) is 0 Å². The summed E-state index contributed by atoms with van der Waals surface area (Å²) in [6.07, 6.45) is 0.0929. The van der Waals surface area contributed by atoms with Crippen LogP contribution in [0.4, 0.5) is 0 Å². The zero-order valence-corrected chi connectivity index (χ0v) is 28.1. The third-order valence-corrected chi connectivity index (χ3v) is 8.03. The number of aliphatic carboxylic acids is 1. The Morgan fingerprint density at radius 1 is 0.918 bits per heavy atom. The number of ketones is 1. The van der Waals surface area contributed by atoms with Gasteiger partial charge in [0.1, 0.15) is 12.1 Å². The quantitative estimate of drug-likeness (QED) is 0.0393. The van der Waals surface area contributed by atoms with Crippen LogP contribution in [0.5, 0.6) is 0 Å². The molecule has 1 heterocycles. The number of nitrogens with one attached hydrogen (secondary N) is 5. The average Bonchev–Trinajstić information content (AvgIpc) is 3.06. The lowest BCUT2D eigenvalue weighted by atomic mass is 9.90. The van der Waals surface area contributed by atoms with Gasteiger partial charge in [-0.05, 0) is 44.1 Å². The van der Waals surface area contributed by atoms with Gasteiger partial charge in [-0.25, -0.2) is 0 Å². The number of nitrogens with zero attached hydrogens (tertiary/aromatic N) is 1. The Kier molecular flexibility index (Phi) is 17.6. The number of thiol groups is 1. The molecule has 1 fully saturated rings. The minimum atomic E-state index is -1.48. The summed E-state index contributed by atoms with van der Waals surface area (Å²) in [7, 11) is 0.